The van der Waals surface area contributed by atoms with Crippen LogP contribution in [-0.2, 0) is 17.6 Å². The highest BCUT2D eigenvalue weighted by atomic mass is 32.1. The molecule has 1 fully saturated rings. The fraction of sp³-hybridized carbons (Fsp3) is 0.667. The van der Waals surface area contributed by atoms with Crippen LogP contribution in [0, 0.1) is 0 Å². The average molecular weight is 238 g/mol. The molecule has 16 heavy (non-hydrogen) atoms. The van der Waals surface area contributed by atoms with Crippen LogP contribution in [0.5, 0.6) is 0 Å². The minimum atomic E-state index is 0.459. The van der Waals surface area contributed by atoms with Crippen LogP contribution in [0.4, 0.5) is 0 Å². The summed E-state index contributed by atoms with van der Waals surface area (Å²) in [6.07, 6.45) is 6.48. The smallest absolute Gasteiger partial charge is 0.125 e. The number of carbonyl (C=O) groups excluding carboxylic acids is 1. The molecule has 0 radical (unpaired) electrons. The molecule has 0 N–H and O–H groups in total. The molecule has 1 aromatic heterocycles. The number of thiazole rings is 1. The van der Waals surface area contributed by atoms with Crippen LogP contribution in [0.15, 0.2) is 5.38 Å². The van der Waals surface area contributed by atoms with Gasteiger partial charge in [-0.05, 0) is 25.9 Å². The second kappa shape index (κ2) is 6.11. The van der Waals surface area contributed by atoms with Crippen molar-refractivity contribution in [3.63, 3.8) is 0 Å². The van der Waals surface area contributed by atoms with Gasteiger partial charge >= 0.3 is 0 Å². The lowest BCUT2D eigenvalue weighted by molar-refractivity contribution is -0.107. The lowest BCUT2D eigenvalue weighted by Gasteiger charge is -2.25. The van der Waals surface area contributed by atoms with Gasteiger partial charge in [-0.1, -0.05) is 6.42 Å². The van der Waals surface area contributed by atoms with Gasteiger partial charge in [0.2, 0.25) is 0 Å². The van der Waals surface area contributed by atoms with Gasteiger partial charge in [-0.15, -0.1) is 11.3 Å². The van der Waals surface area contributed by atoms with Crippen LogP contribution in [0.2, 0.25) is 0 Å². The molecular weight excluding hydrogens is 220 g/mol. The number of rotatable bonds is 5. The molecule has 0 bridgehead atoms. The van der Waals surface area contributed by atoms with Gasteiger partial charge in [-0.3, -0.25) is 0 Å². The van der Waals surface area contributed by atoms with E-state index in [0.29, 0.717) is 6.42 Å². The van der Waals surface area contributed by atoms with E-state index in [1.54, 1.807) is 11.3 Å². The molecule has 1 aromatic rings. The fourth-order valence-corrected chi connectivity index (χ4v) is 2.88. The summed E-state index contributed by atoms with van der Waals surface area (Å²) in [7, 11) is 0. The zero-order valence-corrected chi connectivity index (χ0v) is 10.3. The molecule has 4 heteroatoms. The molecule has 0 amide bonds. The van der Waals surface area contributed by atoms with E-state index in [9.17, 15) is 4.79 Å². The number of nitrogens with zero attached hydrogens (tertiary/aromatic N) is 2. The van der Waals surface area contributed by atoms with Crippen LogP contribution in [-0.4, -0.2) is 35.8 Å². The van der Waals surface area contributed by atoms with E-state index >= 15 is 0 Å². The highest BCUT2D eigenvalue weighted by molar-refractivity contribution is 7.09. The number of hydrogen-bond donors (Lipinski definition) is 0. The van der Waals surface area contributed by atoms with Crippen molar-refractivity contribution >= 4 is 17.6 Å². The summed E-state index contributed by atoms with van der Waals surface area (Å²) in [6.45, 7) is 3.60. The van der Waals surface area contributed by atoms with Crippen LogP contribution in [0.25, 0.3) is 0 Å². The fourth-order valence-electron chi connectivity index (χ4n) is 2.08. The molecule has 0 atom stereocenters. The van der Waals surface area contributed by atoms with E-state index in [-0.39, 0.29) is 0 Å². The van der Waals surface area contributed by atoms with Crippen LogP contribution >= 0.6 is 11.3 Å². The zero-order valence-electron chi connectivity index (χ0n) is 9.52. The number of carbonyl (C=O) groups is 1. The van der Waals surface area contributed by atoms with Crippen molar-refractivity contribution < 1.29 is 4.79 Å². The van der Waals surface area contributed by atoms with Crippen molar-refractivity contribution in [1.29, 1.82) is 0 Å². The maximum Gasteiger partial charge on any atom is 0.125 e. The molecule has 0 saturated carbocycles. The Kier molecular flexibility index (Phi) is 4.48. The average Bonchev–Trinajstić information content (AvgIpc) is 2.76. The van der Waals surface area contributed by atoms with Crippen molar-refractivity contribution in [1.82, 2.24) is 9.88 Å². The molecule has 1 aliphatic heterocycles. The van der Waals surface area contributed by atoms with E-state index in [1.807, 2.05) is 5.38 Å². The Labute approximate surface area is 100 Å². The van der Waals surface area contributed by atoms with E-state index < -0.39 is 0 Å². The van der Waals surface area contributed by atoms with Crippen LogP contribution in [0.3, 0.4) is 0 Å². The number of hydrogen-bond acceptors (Lipinski definition) is 4. The Morgan fingerprint density at radius 3 is 2.94 bits per heavy atom. The van der Waals surface area contributed by atoms with Crippen molar-refractivity contribution in [3.05, 3.63) is 16.1 Å². The van der Waals surface area contributed by atoms with Crippen molar-refractivity contribution in [2.45, 2.75) is 32.1 Å². The molecule has 0 aromatic carbocycles. The predicted molar refractivity (Wildman–Crippen MR) is 65.9 cm³/mol. The molecule has 3 nitrogen and oxygen atoms in total. The minimum Gasteiger partial charge on any atom is -0.303 e. The minimum absolute atomic E-state index is 0.459. The van der Waals surface area contributed by atoms with E-state index in [0.717, 1.165) is 24.9 Å². The second-order valence-corrected chi connectivity index (χ2v) is 5.20. The maximum atomic E-state index is 10.3. The summed E-state index contributed by atoms with van der Waals surface area (Å²) < 4.78 is 0. The van der Waals surface area contributed by atoms with Gasteiger partial charge in [0.15, 0.2) is 0 Å². The van der Waals surface area contributed by atoms with Gasteiger partial charge in [0, 0.05) is 24.8 Å². The Morgan fingerprint density at radius 1 is 1.38 bits per heavy atom. The van der Waals surface area contributed by atoms with Crippen molar-refractivity contribution in [2.24, 2.45) is 0 Å². The van der Waals surface area contributed by atoms with Gasteiger partial charge in [0.05, 0.1) is 10.7 Å². The summed E-state index contributed by atoms with van der Waals surface area (Å²) in [4.78, 5) is 17.3. The van der Waals surface area contributed by atoms with E-state index in [2.05, 4.69) is 9.88 Å². The number of aldehydes is 1. The summed E-state index contributed by atoms with van der Waals surface area (Å²) in [5, 5.41) is 3.17. The first-order chi connectivity index (χ1) is 7.88. The van der Waals surface area contributed by atoms with Crippen LogP contribution < -0.4 is 0 Å². The summed E-state index contributed by atoms with van der Waals surface area (Å²) >= 11 is 1.68. The molecule has 0 aliphatic carbocycles. The Hall–Kier alpha value is -0.740. The van der Waals surface area contributed by atoms with Crippen LogP contribution in [0.1, 0.15) is 30.0 Å². The summed E-state index contributed by atoms with van der Waals surface area (Å²) in [6, 6.07) is 0. The molecule has 0 unspecified atom stereocenters. The van der Waals surface area contributed by atoms with Gasteiger partial charge in [0.1, 0.15) is 6.29 Å². The molecule has 2 rings (SSSR count). The normalized spacial score (nSPS) is 17.5. The third kappa shape index (κ3) is 3.39. The van der Waals surface area contributed by atoms with Crippen molar-refractivity contribution in [3.8, 4) is 0 Å². The first-order valence-electron chi connectivity index (χ1n) is 5.98. The zero-order chi connectivity index (χ0) is 11.2. The number of aromatic nitrogens is 1. The molecular formula is C12H18N2OS. The third-order valence-corrected chi connectivity index (χ3v) is 3.94. The molecule has 88 valence electrons. The SMILES string of the molecule is O=CCc1csc(CCN2CCCCC2)n1. The summed E-state index contributed by atoms with van der Waals surface area (Å²) in [5.74, 6) is 0. The molecule has 2 heterocycles. The molecule has 0 spiro atoms. The third-order valence-electron chi connectivity index (χ3n) is 2.98. The predicted octanol–water partition coefficient (Wildman–Crippen LogP) is 1.91. The molecule has 1 aliphatic rings. The van der Waals surface area contributed by atoms with Gasteiger partial charge in [-0.25, -0.2) is 4.98 Å². The standard InChI is InChI=1S/C12H18N2OS/c15-9-5-11-10-16-12(13-11)4-8-14-6-2-1-3-7-14/h9-10H,1-8H2. The largest absolute Gasteiger partial charge is 0.303 e. The molecule has 1 saturated heterocycles. The second-order valence-electron chi connectivity index (χ2n) is 4.26. The van der Waals surface area contributed by atoms with E-state index in [4.69, 9.17) is 0 Å². The monoisotopic (exact) mass is 238 g/mol. The highest BCUT2D eigenvalue weighted by Crippen LogP contribution is 2.13. The number of piperidine rings is 1. The maximum absolute atomic E-state index is 10.3. The van der Waals surface area contributed by atoms with Gasteiger partial charge < -0.3 is 9.69 Å². The Balaban J connectivity index is 1.77. The highest BCUT2D eigenvalue weighted by Gasteiger charge is 2.10. The van der Waals surface area contributed by atoms with Crippen molar-refractivity contribution in [2.75, 3.05) is 19.6 Å². The first kappa shape index (κ1) is 11.7. The lowest BCUT2D eigenvalue weighted by Crippen LogP contribution is -2.31. The summed E-state index contributed by atoms with van der Waals surface area (Å²) in [5.41, 5.74) is 0.925. The van der Waals surface area contributed by atoms with Gasteiger partial charge in [0.25, 0.3) is 0 Å². The topological polar surface area (TPSA) is 33.2 Å². The lowest BCUT2D eigenvalue weighted by atomic mass is 10.1. The Bertz CT molecular complexity index is 332. The number of likely N-dealkylation sites (tertiary alicyclic amines) is 1. The van der Waals surface area contributed by atoms with E-state index in [1.165, 1.54) is 37.4 Å². The first-order valence-corrected chi connectivity index (χ1v) is 6.86. The quantitative estimate of drug-likeness (QED) is 0.735. The Morgan fingerprint density at radius 2 is 2.19 bits per heavy atom. The van der Waals surface area contributed by atoms with Gasteiger partial charge in [-0.2, -0.15) is 0 Å².